The van der Waals surface area contributed by atoms with Crippen LogP contribution in [0.25, 0.3) is 0 Å². The van der Waals surface area contributed by atoms with Gasteiger partial charge in [-0.1, -0.05) is 32.3 Å². The minimum atomic E-state index is -0.213. The molecule has 3 heteroatoms. The largest absolute Gasteiger partial charge is 0.383 e. The molecule has 2 nitrogen and oxygen atoms in total. The third-order valence-corrected chi connectivity index (χ3v) is 2.54. The molecule has 1 N–H and O–H groups in total. The van der Waals surface area contributed by atoms with Crippen molar-refractivity contribution in [2.45, 2.75) is 32.6 Å². The van der Waals surface area contributed by atoms with Crippen molar-refractivity contribution in [2.75, 3.05) is 25.1 Å². The molecule has 0 heterocycles. The fourth-order valence-corrected chi connectivity index (χ4v) is 1.60. The molecule has 0 amide bonds. The molecule has 1 aromatic rings. The topological polar surface area (TPSA) is 21.3 Å². The van der Waals surface area contributed by atoms with E-state index in [0.29, 0.717) is 6.61 Å². The molecule has 1 rings (SSSR count). The number of hydrogen-bond acceptors (Lipinski definition) is 2. The molecule has 0 unspecified atom stereocenters. The molecular weight excluding hydrogens is 217 g/mol. The van der Waals surface area contributed by atoms with Crippen molar-refractivity contribution in [3.05, 3.63) is 30.1 Å². The lowest BCUT2D eigenvalue weighted by molar-refractivity contribution is 0.139. The van der Waals surface area contributed by atoms with E-state index >= 15 is 0 Å². The molecule has 0 aliphatic rings. The maximum atomic E-state index is 12.8. The standard InChI is InChI=1S/C14H22FNO/c1-2-3-4-5-10-17-11-9-16-14-8-6-7-13(15)12-14/h6-8,12,16H,2-5,9-11H2,1H3. The van der Waals surface area contributed by atoms with E-state index in [9.17, 15) is 4.39 Å². The predicted molar refractivity (Wildman–Crippen MR) is 69.9 cm³/mol. The molecule has 0 spiro atoms. The van der Waals surface area contributed by atoms with E-state index in [1.165, 1.54) is 31.4 Å². The van der Waals surface area contributed by atoms with E-state index < -0.39 is 0 Å². The maximum Gasteiger partial charge on any atom is 0.125 e. The highest BCUT2D eigenvalue weighted by atomic mass is 19.1. The summed E-state index contributed by atoms with van der Waals surface area (Å²) in [7, 11) is 0. The van der Waals surface area contributed by atoms with Crippen molar-refractivity contribution in [2.24, 2.45) is 0 Å². The van der Waals surface area contributed by atoms with Gasteiger partial charge in [-0.05, 0) is 24.6 Å². The summed E-state index contributed by atoms with van der Waals surface area (Å²) in [4.78, 5) is 0. The SMILES string of the molecule is CCCCCCOCCNc1cccc(F)c1. The molecule has 17 heavy (non-hydrogen) atoms. The molecule has 0 aliphatic carbocycles. The fraction of sp³-hybridized carbons (Fsp3) is 0.571. The summed E-state index contributed by atoms with van der Waals surface area (Å²) < 4.78 is 18.3. The number of halogens is 1. The molecule has 0 aromatic heterocycles. The smallest absolute Gasteiger partial charge is 0.125 e. The second-order valence-corrected chi connectivity index (χ2v) is 4.11. The maximum absolute atomic E-state index is 12.8. The number of unbranched alkanes of at least 4 members (excludes halogenated alkanes) is 3. The zero-order chi connectivity index (χ0) is 12.3. The minimum absolute atomic E-state index is 0.213. The van der Waals surface area contributed by atoms with Gasteiger partial charge in [0.25, 0.3) is 0 Å². The molecule has 0 saturated carbocycles. The van der Waals surface area contributed by atoms with Gasteiger partial charge < -0.3 is 10.1 Å². The molecule has 0 saturated heterocycles. The molecule has 0 fully saturated rings. The van der Waals surface area contributed by atoms with Crippen LogP contribution in [0, 0.1) is 5.82 Å². The van der Waals surface area contributed by atoms with E-state index in [4.69, 9.17) is 4.74 Å². The highest BCUT2D eigenvalue weighted by molar-refractivity contribution is 5.42. The van der Waals surface area contributed by atoms with Crippen molar-refractivity contribution in [3.63, 3.8) is 0 Å². The van der Waals surface area contributed by atoms with Gasteiger partial charge in [-0.15, -0.1) is 0 Å². The second-order valence-electron chi connectivity index (χ2n) is 4.11. The molecule has 96 valence electrons. The monoisotopic (exact) mass is 239 g/mol. The Labute approximate surface area is 103 Å². The third kappa shape index (κ3) is 6.95. The van der Waals surface area contributed by atoms with Gasteiger partial charge >= 0.3 is 0 Å². The Bertz CT molecular complexity index is 304. The average molecular weight is 239 g/mol. The number of benzene rings is 1. The lowest BCUT2D eigenvalue weighted by Gasteiger charge is -2.07. The van der Waals surface area contributed by atoms with Crippen LogP contribution in [-0.4, -0.2) is 19.8 Å². The first kappa shape index (κ1) is 14.0. The first-order valence-electron chi connectivity index (χ1n) is 6.40. The van der Waals surface area contributed by atoms with Gasteiger partial charge in [-0.25, -0.2) is 4.39 Å². The van der Waals surface area contributed by atoms with Gasteiger partial charge in [-0.3, -0.25) is 0 Å². The van der Waals surface area contributed by atoms with Gasteiger partial charge in [0.2, 0.25) is 0 Å². The Hall–Kier alpha value is -1.09. The summed E-state index contributed by atoms with van der Waals surface area (Å²) >= 11 is 0. The Morgan fingerprint density at radius 3 is 2.82 bits per heavy atom. The Morgan fingerprint density at radius 1 is 1.18 bits per heavy atom. The lowest BCUT2D eigenvalue weighted by atomic mass is 10.2. The summed E-state index contributed by atoms with van der Waals surface area (Å²) in [5.41, 5.74) is 0.805. The molecular formula is C14H22FNO. The number of nitrogens with one attached hydrogen (secondary N) is 1. The van der Waals surface area contributed by atoms with E-state index in [1.54, 1.807) is 6.07 Å². The van der Waals surface area contributed by atoms with Crippen molar-refractivity contribution < 1.29 is 9.13 Å². The summed E-state index contributed by atoms with van der Waals surface area (Å²) in [5, 5.41) is 3.12. The van der Waals surface area contributed by atoms with E-state index in [0.717, 1.165) is 25.3 Å². The van der Waals surface area contributed by atoms with Gasteiger partial charge in [-0.2, -0.15) is 0 Å². The summed E-state index contributed by atoms with van der Waals surface area (Å²) in [6, 6.07) is 6.48. The lowest BCUT2D eigenvalue weighted by Crippen LogP contribution is -2.10. The first-order chi connectivity index (χ1) is 8.33. The van der Waals surface area contributed by atoms with Crippen LogP contribution in [0.5, 0.6) is 0 Å². The summed E-state index contributed by atoms with van der Waals surface area (Å²) in [6.07, 6.45) is 4.91. The zero-order valence-electron chi connectivity index (χ0n) is 10.5. The van der Waals surface area contributed by atoms with Crippen molar-refractivity contribution in [1.82, 2.24) is 0 Å². The summed E-state index contributed by atoms with van der Waals surface area (Å²) in [5.74, 6) is -0.213. The number of hydrogen-bond donors (Lipinski definition) is 1. The van der Waals surface area contributed by atoms with Crippen LogP contribution in [0.15, 0.2) is 24.3 Å². The van der Waals surface area contributed by atoms with Crippen LogP contribution in [0.4, 0.5) is 10.1 Å². The minimum Gasteiger partial charge on any atom is -0.383 e. The molecule has 0 atom stereocenters. The quantitative estimate of drug-likeness (QED) is 0.661. The van der Waals surface area contributed by atoms with Gasteiger partial charge in [0.15, 0.2) is 0 Å². The predicted octanol–water partition coefficient (Wildman–Crippen LogP) is 3.83. The molecule has 0 radical (unpaired) electrons. The normalized spacial score (nSPS) is 10.5. The van der Waals surface area contributed by atoms with E-state index in [1.807, 2.05) is 6.07 Å². The average Bonchev–Trinajstić information content (AvgIpc) is 2.33. The molecule has 0 bridgehead atoms. The van der Waals surface area contributed by atoms with Crippen LogP contribution < -0.4 is 5.32 Å². The summed E-state index contributed by atoms with van der Waals surface area (Å²) in [6.45, 7) is 4.41. The second kappa shape index (κ2) is 8.99. The van der Waals surface area contributed by atoms with Crippen LogP contribution in [-0.2, 0) is 4.74 Å². The molecule has 0 aliphatic heterocycles. The first-order valence-corrected chi connectivity index (χ1v) is 6.40. The third-order valence-electron chi connectivity index (χ3n) is 2.54. The van der Waals surface area contributed by atoms with Crippen LogP contribution in [0.1, 0.15) is 32.6 Å². The highest BCUT2D eigenvalue weighted by Gasteiger charge is 1.94. The van der Waals surface area contributed by atoms with Gasteiger partial charge in [0.05, 0.1) is 6.61 Å². The van der Waals surface area contributed by atoms with Crippen LogP contribution in [0.3, 0.4) is 0 Å². The van der Waals surface area contributed by atoms with Crippen LogP contribution >= 0.6 is 0 Å². The van der Waals surface area contributed by atoms with Crippen molar-refractivity contribution >= 4 is 5.69 Å². The number of anilines is 1. The van der Waals surface area contributed by atoms with Crippen molar-refractivity contribution in [3.8, 4) is 0 Å². The number of ether oxygens (including phenoxy) is 1. The zero-order valence-corrected chi connectivity index (χ0v) is 10.5. The van der Waals surface area contributed by atoms with Crippen LogP contribution in [0.2, 0.25) is 0 Å². The van der Waals surface area contributed by atoms with E-state index in [-0.39, 0.29) is 5.82 Å². The highest BCUT2D eigenvalue weighted by Crippen LogP contribution is 2.08. The number of rotatable bonds is 9. The fourth-order valence-electron chi connectivity index (χ4n) is 1.60. The van der Waals surface area contributed by atoms with Gasteiger partial charge in [0, 0.05) is 18.8 Å². The molecule has 1 aromatic carbocycles. The Morgan fingerprint density at radius 2 is 2.06 bits per heavy atom. The van der Waals surface area contributed by atoms with Gasteiger partial charge in [0.1, 0.15) is 5.82 Å². The van der Waals surface area contributed by atoms with E-state index in [2.05, 4.69) is 12.2 Å². The Kier molecular flexibility index (Phi) is 7.39. The van der Waals surface area contributed by atoms with Crippen molar-refractivity contribution in [1.29, 1.82) is 0 Å². The Balaban J connectivity index is 1.97.